The minimum absolute atomic E-state index is 0.216. The van der Waals surface area contributed by atoms with Gasteiger partial charge in [0.1, 0.15) is 5.82 Å². The Morgan fingerprint density at radius 3 is 2.22 bits per heavy atom. The summed E-state index contributed by atoms with van der Waals surface area (Å²) >= 11 is 0. The van der Waals surface area contributed by atoms with E-state index < -0.39 is 0 Å². The third-order valence-corrected chi connectivity index (χ3v) is 6.99. The van der Waals surface area contributed by atoms with Crippen LogP contribution >= 0.6 is 0 Å². The van der Waals surface area contributed by atoms with Crippen LogP contribution in [0.25, 0.3) is 0 Å². The van der Waals surface area contributed by atoms with Crippen LogP contribution in [-0.4, -0.2) is 13.2 Å². The standard InChI is InChI=1S/C24H37FO2/c1-3-5-10-20(9-4-2)24(15-7-6-8-16-24)21-17-26-23(27-18-21)19-11-13-22(25)14-12-19/h11-14,20-21,23H,3-10,15-18H2,1-2H3. The Kier molecular flexibility index (Phi) is 7.72. The van der Waals surface area contributed by atoms with Gasteiger partial charge in [0.15, 0.2) is 6.29 Å². The maximum atomic E-state index is 13.2. The highest BCUT2D eigenvalue weighted by atomic mass is 19.1. The van der Waals surface area contributed by atoms with Gasteiger partial charge in [0.05, 0.1) is 13.2 Å². The van der Waals surface area contributed by atoms with Gasteiger partial charge in [-0.25, -0.2) is 4.39 Å². The summed E-state index contributed by atoms with van der Waals surface area (Å²) in [5, 5.41) is 0. The van der Waals surface area contributed by atoms with Gasteiger partial charge in [-0.2, -0.15) is 0 Å². The first-order valence-electron chi connectivity index (χ1n) is 11.2. The Bertz CT molecular complexity index is 542. The lowest BCUT2D eigenvalue weighted by atomic mass is 9.57. The molecular formula is C24H37FO2. The van der Waals surface area contributed by atoms with Crippen LogP contribution in [0.2, 0.25) is 0 Å². The van der Waals surface area contributed by atoms with Gasteiger partial charge in [-0.05, 0) is 42.7 Å². The van der Waals surface area contributed by atoms with Crippen LogP contribution in [0.1, 0.15) is 89.9 Å². The second kappa shape index (κ2) is 10.0. The highest BCUT2D eigenvalue weighted by Crippen LogP contribution is 2.53. The fourth-order valence-electron chi connectivity index (χ4n) is 5.53. The molecule has 0 spiro atoms. The molecule has 1 heterocycles. The normalized spacial score (nSPS) is 26.6. The average molecular weight is 377 g/mol. The predicted octanol–water partition coefficient (Wildman–Crippen LogP) is 7.04. The van der Waals surface area contributed by atoms with Crippen molar-refractivity contribution in [3.05, 3.63) is 35.6 Å². The second-order valence-electron chi connectivity index (χ2n) is 8.67. The van der Waals surface area contributed by atoms with Crippen LogP contribution in [0.15, 0.2) is 24.3 Å². The Balaban J connectivity index is 1.71. The van der Waals surface area contributed by atoms with Crippen molar-refractivity contribution in [3.63, 3.8) is 0 Å². The number of ether oxygens (including phenoxy) is 2. The third kappa shape index (κ3) is 4.92. The van der Waals surface area contributed by atoms with Gasteiger partial charge in [-0.15, -0.1) is 0 Å². The van der Waals surface area contributed by atoms with Gasteiger partial charge in [0.25, 0.3) is 0 Å². The van der Waals surface area contributed by atoms with E-state index in [1.165, 1.54) is 76.3 Å². The molecule has 1 atom stereocenters. The van der Waals surface area contributed by atoms with Crippen LogP contribution < -0.4 is 0 Å². The zero-order valence-electron chi connectivity index (χ0n) is 17.2. The molecule has 0 radical (unpaired) electrons. The Hall–Kier alpha value is -0.930. The molecule has 1 aliphatic carbocycles. The summed E-state index contributed by atoms with van der Waals surface area (Å²) in [4.78, 5) is 0. The van der Waals surface area contributed by atoms with E-state index in [1.54, 1.807) is 12.1 Å². The summed E-state index contributed by atoms with van der Waals surface area (Å²) in [5.74, 6) is 1.07. The largest absolute Gasteiger partial charge is 0.348 e. The van der Waals surface area contributed by atoms with Crippen LogP contribution in [0, 0.1) is 23.1 Å². The van der Waals surface area contributed by atoms with Gasteiger partial charge < -0.3 is 9.47 Å². The first kappa shape index (κ1) is 20.8. The van der Waals surface area contributed by atoms with E-state index in [0.29, 0.717) is 11.3 Å². The molecule has 0 amide bonds. The van der Waals surface area contributed by atoms with Crippen molar-refractivity contribution in [2.45, 2.75) is 84.3 Å². The number of hydrogen-bond donors (Lipinski definition) is 0. The van der Waals surface area contributed by atoms with E-state index in [0.717, 1.165) is 24.7 Å². The highest BCUT2D eigenvalue weighted by molar-refractivity contribution is 5.17. The first-order valence-corrected chi connectivity index (χ1v) is 11.2. The number of unbranched alkanes of at least 4 members (excludes halogenated alkanes) is 1. The number of halogens is 1. The first-order chi connectivity index (χ1) is 13.2. The molecule has 2 fully saturated rings. The zero-order chi connectivity index (χ0) is 19.1. The van der Waals surface area contributed by atoms with E-state index in [1.807, 2.05) is 0 Å². The molecule has 1 aliphatic heterocycles. The molecule has 1 saturated heterocycles. The average Bonchev–Trinajstić information content (AvgIpc) is 2.72. The van der Waals surface area contributed by atoms with E-state index in [2.05, 4.69) is 13.8 Å². The summed E-state index contributed by atoms with van der Waals surface area (Å²) in [7, 11) is 0. The van der Waals surface area contributed by atoms with Crippen LogP contribution in [-0.2, 0) is 9.47 Å². The Morgan fingerprint density at radius 1 is 0.963 bits per heavy atom. The van der Waals surface area contributed by atoms with Crippen molar-refractivity contribution < 1.29 is 13.9 Å². The molecule has 3 rings (SSSR count). The minimum atomic E-state index is -0.345. The van der Waals surface area contributed by atoms with Gasteiger partial charge >= 0.3 is 0 Å². The number of benzene rings is 1. The van der Waals surface area contributed by atoms with Gasteiger partial charge in [0.2, 0.25) is 0 Å². The molecule has 27 heavy (non-hydrogen) atoms. The Labute approximate surface area is 164 Å². The fourth-order valence-corrected chi connectivity index (χ4v) is 5.53. The predicted molar refractivity (Wildman–Crippen MR) is 108 cm³/mol. The SMILES string of the molecule is CCCCC(CCC)C1(C2COC(c3ccc(F)cc3)OC2)CCCCC1. The summed E-state index contributed by atoms with van der Waals surface area (Å²) in [6.45, 7) is 6.17. The molecule has 2 nitrogen and oxygen atoms in total. The van der Waals surface area contributed by atoms with E-state index in [-0.39, 0.29) is 12.1 Å². The van der Waals surface area contributed by atoms with E-state index in [9.17, 15) is 4.39 Å². The molecule has 2 aliphatic rings. The molecule has 0 N–H and O–H groups in total. The molecule has 1 aromatic rings. The van der Waals surface area contributed by atoms with Crippen LogP contribution in [0.5, 0.6) is 0 Å². The molecule has 1 aromatic carbocycles. The van der Waals surface area contributed by atoms with Gasteiger partial charge in [0, 0.05) is 11.5 Å². The smallest absolute Gasteiger partial charge is 0.183 e. The third-order valence-electron chi connectivity index (χ3n) is 6.99. The van der Waals surface area contributed by atoms with E-state index in [4.69, 9.17) is 9.47 Å². The molecule has 3 heteroatoms. The van der Waals surface area contributed by atoms with Crippen molar-refractivity contribution in [2.24, 2.45) is 17.3 Å². The Morgan fingerprint density at radius 2 is 1.63 bits per heavy atom. The summed E-state index contributed by atoms with van der Waals surface area (Å²) in [6, 6.07) is 6.52. The quantitative estimate of drug-likeness (QED) is 0.484. The van der Waals surface area contributed by atoms with Crippen LogP contribution in [0.4, 0.5) is 4.39 Å². The fraction of sp³-hybridized carbons (Fsp3) is 0.750. The molecular weight excluding hydrogens is 339 g/mol. The summed E-state index contributed by atoms with van der Waals surface area (Å²) < 4.78 is 25.6. The molecule has 152 valence electrons. The molecule has 1 unspecified atom stereocenters. The van der Waals surface area contributed by atoms with Gasteiger partial charge in [-0.1, -0.05) is 70.9 Å². The van der Waals surface area contributed by atoms with Crippen molar-refractivity contribution >= 4 is 0 Å². The minimum Gasteiger partial charge on any atom is -0.348 e. The second-order valence-corrected chi connectivity index (χ2v) is 8.67. The maximum absolute atomic E-state index is 13.2. The summed E-state index contributed by atoms with van der Waals surface area (Å²) in [6.07, 6.45) is 13.0. The van der Waals surface area contributed by atoms with Crippen LogP contribution in [0.3, 0.4) is 0 Å². The van der Waals surface area contributed by atoms with Crippen molar-refractivity contribution in [1.82, 2.24) is 0 Å². The van der Waals surface area contributed by atoms with Gasteiger partial charge in [-0.3, -0.25) is 0 Å². The summed E-state index contributed by atoms with van der Waals surface area (Å²) in [5.41, 5.74) is 1.31. The highest BCUT2D eigenvalue weighted by Gasteiger charge is 2.46. The number of rotatable bonds is 8. The van der Waals surface area contributed by atoms with E-state index >= 15 is 0 Å². The topological polar surface area (TPSA) is 18.5 Å². The molecule has 0 aromatic heterocycles. The molecule has 1 saturated carbocycles. The zero-order valence-corrected chi connectivity index (χ0v) is 17.2. The lowest BCUT2D eigenvalue weighted by Gasteiger charge is -2.51. The monoisotopic (exact) mass is 376 g/mol. The van der Waals surface area contributed by atoms with Crippen molar-refractivity contribution in [2.75, 3.05) is 13.2 Å². The maximum Gasteiger partial charge on any atom is 0.183 e. The van der Waals surface area contributed by atoms with Crippen molar-refractivity contribution in [1.29, 1.82) is 0 Å². The lowest BCUT2D eigenvalue weighted by molar-refractivity contribution is -0.233. The number of hydrogen-bond acceptors (Lipinski definition) is 2. The lowest BCUT2D eigenvalue weighted by Crippen LogP contribution is -2.46. The van der Waals surface area contributed by atoms with Crippen molar-refractivity contribution in [3.8, 4) is 0 Å². The molecule has 0 bridgehead atoms.